The summed E-state index contributed by atoms with van der Waals surface area (Å²) in [5.41, 5.74) is 2.53. The lowest BCUT2D eigenvalue weighted by Crippen LogP contribution is -2.23. The van der Waals surface area contributed by atoms with Crippen LogP contribution in [0.25, 0.3) is 0 Å². The minimum absolute atomic E-state index is 0.245. The first-order chi connectivity index (χ1) is 8.25. The van der Waals surface area contributed by atoms with E-state index in [1.54, 1.807) is 0 Å². The zero-order valence-corrected chi connectivity index (χ0v) is 10.4. The summed E-state index contributed by atoms with van der Waals surface area (Å²) < 4.78 is 5.27. The molecule has 17 heavy (non-hydrogen) atoms. The van der Waals surface area contributed by atoms with Gasteiger partial charge in [0, 0.05) is 25.6 Å². The standard InChI is InChI=1S/C15H20O2/c1-12-2-4-13(5-3-12)6-7-15(16)14-8-10-17-11-9-14/h2-5,14H,6-11H2,1H3. The highest BCUT2D eigenvalue weighted by Gasteiger charge is 2.20. The Hall–Kier alpha value is -1.15. The Bertz CT molecular complexity index is 361. The van der Waals surface area contributed by atoms with Crippen LogP contribution in [0.4, 0.5) is 0 Å². The first-order valence-corrected chi connectivity index (χ1v) is 6.42. The van der Waals surface area contributed by atoms with Crippen molar-refractivity contribution in [1.82, 2.24) is 0 Å². The van der Waals surface area contributed by atoms with Gasteiger partial charge in [-0.3, -0.25) is 4.79 Å². The van der Waals surface area contributed by atoms with Crippen molar-refractivity contribution in [3.8, 4) is 0 Å². The molecule has 0 atom stereocenters. The average molecular weight is 232 g/mol. The van der Waals surface area contributed by atoms with Crippen molar-refractivity contribution in [1.29, 1.82) is 0 Å². The Morgan fingerprint density at radius 1 is 1.24 bits per heavy atom. The van der Waals surface area contributed by atoms with Gasteiger partial charge in [-0.15, -0.1) is 0 Å². The Labute approximate surface area is 103 Å². The Balaban J connectivity index is 1.81. The highest BCUT2D eigenvalue weighted by Crippen LogP contribution is 2.18. The fourth-order valence-electron chi connectivity index (χ4n) is 2.25. The largest absolute Gasteiger partial charge is 0.381 e. The zero-order chi connectivity index (χ0) is 12.1. The van der Waals surface area contributed by atoms with E-state index in [1.165, 1.54) is 11.1 Å². The SMILES string of the molecule is Cc1ccc(CCC(=O)C2CCOCC2)cc1. The highest BCUT2D eigenvalue weighted by atomic mass is 16.5. The monoisotopic (exact) mass is 232 g/mol. The van der Waals surface area contributed by atoms with Gasteiger partial charge in [0.1, 0.15) is 5.78 Å². The Morgan fingerprint density at radius 2 is 1.88 bits per heavy atom. The van der Waals surface area contributed by atoms with Crippen LogP contribution in [0, 0.1) is 12.8 Å². The van der Waals surface area contributed by atoms with E-state index in [1.807, 2.05) is 0 Å². The van der Waals surface area contributed by atoms with Crippen LogP contribution < -0.4 is 0 Å². The number of ketones is 1. The van der Waals surface area contributed by atoms with Gasteiger partial charge in [0.2, 0.25) is 0 Å². The van der Waals surface area contributed by atoms with Gasteiger partial charge >= 0.3 is 0 Å². The predicted octanol–water partition coefficient (Wildman–Crippen LogP) is 2.92. The number of carbonyl (C=O) groups excluding carboxylic acids is 1. The molecule has 1 aliphatic heterocycles. The number of hydrogen-bond donors (Lipinski definition) is 0. The molecule has 1 heterocycles. The van der Waals surface area contributed by atoms with Crippen LogP contribution in [0.1, 0.15) is 30.4 Å². The predicted molar refractivity (Wildman–Crippen MR) is 68.1 cm³/mol. The van der Waals surface area contributed by atoms with Crippen molar-refractivity contribution < 1.29 is 9.53 Å². The van der Waals surface area contributed by atoms with Gasteiger partial charge in [-0.1, -0.05) is 29.8 Å². The summed E-state index contributed by atoms with van der Waals surface area (Å²) in [5.74, 6) is 0.656. The molecule has 1 aliphatic rings. The molecule has 0 bridgehead atoms. The van der Waals surface area contributed by atoms with Crippen LogP contribution >= 0.6 is 0 Å². The van der Waals surface area contributed by atoms with E-state index in [0.717, 1.165) is 32.5 Å². The van der Waals surface area contributed by atoms with Crippen molar-refractivity contribution in [2.45, 2.75) is 32.6 Å². The molecule has 92 valence electrons. The molecule has 0 unspecified atom stereocenters. The molecule has 0 aliphatic carbocycles. The fourth-order valence-corrected chi connectivity index (χ4v) is 2.25. The van der Waals surface area contributed by atoms with E-state index in [4.69, 9.17) is 4.74 Å². The smallest absolute Gasteiger partial charge is 0.136 e. The summed E-state index contributed by atoms with van der Waals surface area (Å²) in [5, 5.41) is 0. The third-order valence-electron chi connectivity index (χ3n) is 3.46. The summed E-state index contributed by atoms with van der Waals surface area (Å²) in [4.78, 5) is 12.0. The molecule has 1 aromatic rings. The molecule has 1 saturated heterocycles. The van der Waals surface area contributed by atoms with Crippen LogP contribution in [-0.4, -0.2) is 19.0 Å². The van der Waals surface area contributed by atoms with Crippen LogP contribution in [0.15, 0.2) is 24.3 Å². The maximum atomic E-state index is 12.0. The van der Waals surface area contributed by atoms with Crippen molar-refractivity contribution in [2.75, 3.05) is 13.2 Å². The number of benzene rings is 1. The summed E-state index contributed by atoms with van der Waals surface area (Å²) in [6.07, 6.45) is 3.36. The Kier molecular flexibility index (Phi) is 4.32. The molecule has 0 amide bonds. The molecule has 0 aromatic heterocycles. The third-order valence-corrected chi connectivity index (χ3v) is 3.46. The molecule has 2 rings (SSSR count). The molecule has 0 N–H and O–H groups in total. The Morgan fingerprint density at radius 3 is 2.53 bits per heavy atom. The second-order valence-electron chi connectivity index (χ2n) is 4.84. The van der Waals surface area contributed by atoms with E-state index in [-0.39, 0.29) is 5.92 Å². The molecule has 1 aromatic carbocycles. The number of rotatable bonds is 4. The van der Waals surface area contributed by atoms with Gasteiger partial charge < -0.3 is 4.74 Å². The van der Waals surface area contributed by atoms with E-state index in [9.17, 15) is 4.79 Å². The topological polar surface area (TPSA) is 26.3 Å². The highest BCUT2D eigenvalue weighted by molar-refractivity contribution is 5.81. The minimum atomic E-state index is 0.245. The quantitative estimate of drug-likeness (QED) is 0.798. The number of carbonyl (C=O) groups is 1. The fraction of sp³-hybridized carbons (Fsp3) is 0.533. The van der Waals surface area contributed by atoms with Crippen molar-refractivity contribution >= 4 is 5.78 Å². The van der Waals surface area contributed by atoms with Gasteiger partial charge in [0.05, 0.1) is 0 Å². The molecule has 2 heteroatoms. The zero-order valence-electron chi connectivity index (χ0n) is 10.4. The summed E-state index contributed by atoms with van der Waals surface area (Å²) in [6, 6.07) is 8.45. The van der Waals surface area contributed by atoms with Crippen LogP contribution in [-0.2, 0) is 16.0 Å². The van der Waals surface area contributed by atoms with Crippen molar-refractivity contribution in [3.63, 3.8) is 0 Å². The van der Waals surface area contributed by atoms with Crippen LogP contribution in [0.3, 0.4) is 0 Å². The van der Waals surface area contributed by atoms with Crippen LogP contribution in [0.5, 0.6) is 0 Å². The lowest BCUT2D eigenvalue weighted by atomic mass is 9.91. The first-order valence-electron chi connectivity index (χ1n) is 6.42. The summed E-state index contributed by atoms with van der Waals surface area (Å²) in [7, 11) is 0. The lowest BCUT2D eigenvalue weighted by Gasteiger charge is -2.20. The van der Waals surface area contributed by atoms with Gasteiger partial charge in [-0.05, 0) is 31.7 Å². The molecule has 0 saturated carbocycles. The summed E-state index contributed by atoms with van der Waals surface area (Å²) >= 11 is 0. The maximum absolute atomic E-state index is 12.0. The molecule has 1 fully saturated rings. The minimum Gasteiger partial charge on any atom is -0.381 e. The molecular weight excluding hydrogens is 212 g/mol. The number of ether oxygens (including phenoxy) is 1. The molecule has 0 spiro atoms. The van der Waals surface area contributed by atoms with Crippen molar-refractivity contribution in [2.24, 2.45) is 5.92 Å². The molecule has 0 radical (unpaired) electrons. The second kappa shape index (κ2) is 5.97. The average Bonchev–Trinajstić information content (AvgIpc) is 2.39. The van der Waals surface area contributed by atoms with Gasteiger partial charge in [-0.2, -0.15) is 0 Å². The van der Waals surface area contributed by atoms with Gasteiger partial charge in [0.25, 0.3) is 0 Å². The molecule has 2 nitrogen and oxygen atoms in total. The van der Waals surface area contributed by atoms with E-state index in [0.29, 0.717) is 12.2 Å². The first kappa shape index (κ1) is 12.3. The van der Waals surface area contributed by atoms with E-state index < -0.39 is 0 Å². The number of aryl methyl sites for hydroxylation is 2. The van der Waals surface area contributed by atoms with Gasteiger partial charge in [-0.25, -0.2) is 0 Å². The number of hydrogen-bond acceptors (Lipinski definition) is 2. The lowest BCUT2D eigenvalue weighted by molar-refractivity contribution is -0.125. The van der Waals surface area contributed by atoms with E-state index in [2.05, 4.69) is 31.2 Å². The van der Waals surface area contributed by atoms with Crippen LogP contribution in [0.2, 0.25) is 0 Å². The van der Waals surface area contributed by atoms with E-state index >= 15 is 0 Å². The van der Waals surface area contributed by atoms with Crippen molar-refractivity contribution in [3.05, 3.63) is 35.4 Å². The molecular formula is C15H20O2. The maximum Gasteiger partial charge on any atom is 0.136 e. The second-order valence-corrected chi connectivity index (χ2v) is 4.84. The third kappa shape index (κ3) is 3.67. The van der Waals surface area contributed by atoms with Gasteiger partial charge in [0.15, 0.2) is 0 Å². The number of Topliss-reactive ketones (excluding diaryl/α,β-unsaturated/α-hetero) is 1. The normalized spacial score (nSPS) is 17.0. The summed E-state index contributed by atoms with van der Waals surface area (Å²) in [6.45, 7) is 3.58.